The van der Waals surface area contributed by atoms with Gasteiger partial charge in [0, 0.05) is 18.0 Å². The number of fused-ring (bicyclic) bond motifs is 1. The molecule has 2 fully saturated rings. The molecule has 0 saturated carbocycles. The molecular formula is C16H20N2O4S2. The van der Waals surface area contributed by atoms with Crippen molar-refractivity contribution in [3.63, 3.8) is 0 Å². The van der Waals surface area contributed by atoms with Crippen LogP contribution in [0.25, 0.3) is 0 Å². The smallest absolute Gasteiger partial charge is 0.274 e. The second-order valence-corrected chi connectivity index (χ2v) is 9.47. The maximum Gasteiger partial charge on any atom is 0.274 e. The number of rotatable bonds is 3. The van der Waals surface area contributed by atoms with Gasteiger partial charge < -0.3 is 9.64 Å². The molecule has 24 heavy (non-hydrogen) atoms. The van der Waals surface area contributed by atoms with Gasteiger partial charge in [-0.3, -0.25) is 4.79 Å². The summed E-state index contributed by atoms with van der Waals surface area (Å²) in [6.45, 7) is 3.93. The van der Waals surface area contributed by atoms with Crippen LogP contribution in [0.5, 0.6) is 0 Å². The zero-order chi connectivity index (χ0) is 17.5. The standard InChI is InChI=1S/C16H20N2O4S2/c1-10-5-4-6-12(11(10)2)18-13-8-24(20,21)9-14(13)23-16(18)17-15(19)7-22-3/h4-6,13-14H,7-9H2,1-3H3/t13-,14-/m1/s1. The number of nitrogens with zero attached hydrogens (tertiary/aromatic N) is 2. The van der Waals surface area contributed by atoms with Gasteiger partial charge in [0.25, 0.3) is 5.91 Å². The Bertz CT molecular complexity index is 804. The molecular weight excluding hydrogens is 348 g/mol. The maximum atomic E-state index is 12.0. The first-order chi connectivity index (χ1) is 11.3. The monoisotopic (exact) mass is 368 g/mol. The lowest BCUT2D eigenvalue weighted by Crippen LogP contribution is -2.38. The molecule has 0 radical (unpaired) electrons. The van der Waals surface area contributed by atoms with Crippen LogP contribution in [0.3, 0.4) is 0 Å². The normalized spacial score (nSPS) is 26.8. The van der Waals surface area contributed by atoms with Gasteiger partial charge in [0.1, 0.15) is 6.61 Å². The van der Waals surface area contributed by atoms with Crippen LogP contribution >= 0.6 is 11.8 Å². The number of methoxy groups -OCH3 is 1. The van der Waals surface area contributed by atoms with E-state index >= 15 is 0 Å². The van der Waals surface area contributed by atoms with E-state index in [9.17, 15) is 13.2 Å². The number of hydrogen-bond donors (Lipinski definition) is 0. The van der Waals surface area contributed by atoms with E-state index in [0.29, 0.717) is 5.17 Å². The lowest BCUT2D eigenvalue weighted by atomic mass is 10.1. The summed E-state index contributed by atoms with van der Waals surface area (Å²) >= 11 is 1.38. The van der Waals surface area contributed by atoms with Crippen molar-refractivity contribution in [1.82, 2.24) is 0 Å². The van der Waals surface area contributed by atoms with E-state index in [1.165, 1.54) is 18.9 Å². The Kier molecular flexibility index (Phi) is 4.72. The van der Waals surface area contributed by atoms with Crippen molar-refractivity contribution in [2.75, 3.05) is 30.1 Å². The fraction of sp³-hybridized carbons (Fsp3) is 0.500. The van der Waals surface area contributed by atoms with Crippen molar-refractivity contribution in [2.24, 2.45) is 4.99 Å². The first kappa shape index (κ1) is 17.4. The van der Waals surface area contributed by atoms with Gasteiger partial charge in [-0.25, -0.2) is 8.42 Å². The Balaban J connectivity index is 2.05. The van der Waals surface area contributed by atoms with Gasteiger partial charge in [0.15, 0.2) is 15.0 Å². The molecule has 1 amide bonds. The zero-order valence-corrected chi connectivity index (χ0v) is 15.5. The topological polar surface area (TPSA) is 76.0 Å². The van der Waals surface area contributed by atoms with E-state index in [1.807, 2.05) is 36.9 Å². The second kappa shape index (κ2) is 6.50. The predicted octanol–water partition coefficient (Wildman–Crippen LogP) is 1.55. The van der Waals surface area contributed by atoms with Crippen molar-refractivity contribution < 1.29 is 17.9 Å². The first-order valence-corrected chi connectivity index (χ1v) is 10.4. The third kappa shape index (κ3) is 3.22. The van der Waals surface area contributed by atoms with Crippen molar-refractivity contribution in [1.29, 1.82) is 0 Å². The average molecular weight is 368 g/mol. The van der Waals surface area contributed by atoms with E-state index < -0.39 is 9.84 Å². The Labute approximate surface area is 146 Å². The number of aryl methyl sites for hydroxylation is 1. The molecule has 0 unspecified atom stereocenters. The Morgan fingerprint density at radius 1 is 1.38 bits per heavy atom. The summed E-state index contributed by atoms with van der Waals surface area (Å²) in [5.74, 6) is -0.144. The molecule has 0 aromatic heterocycles. The van der Waals surface area contributed by atoms with Crippen molar-refractivity contribution in [3.8, 4) is 0 Å². The number of benzene rings is 1. The minimum absolute atomic E-state index is 0.0850. The van der Waals surface area contributed by atoms with Crippen LogP contribution in [0, 0.1) is 13.8 Å². The number of thioether (sulfide) groups is 1. The largest absolute Gasteiger partial charge is 0.375 e. The molecule has 0 bridgehead atoms. The molecule has 0 N–H and O–H groups in total. The van der Waals surface area contributed by atoms with E-state index in [2.05, 4.69) is 4.99 Å². The van der Waals surface area contributed by atoms with Gasteiger partial charge in [-0.05, 0) is 31.0 Å². The highest BCUT2D eigenvalue weighted by molar-refractivity contribution is 8.16. The summed E-state index contributed by atoms with van der Waals surface area (Å²) in [5, 5.41) is 0.472. The van der Waals surface area contributed by atoms with Crippen LogP contribution < -0.4 is 4.90 Å². The van der Waals surface area contributed by atoms with Crippen molar-refractivity contribution in [2.45, 2.75) is 25.1 Å². The van der Waals surface area contributed by atoms with Gasteiger partial charge in [0.05, 0.1) is 17.5 Å². The van der Waals surface area contributed by atoms with Crippen molar-refractivity contribution in [3.05, 3.63) is 29.3 Å². The Hall–Kier alpha value is -1.38. The summed E-state index contributed by atoms with van der Waals surface area (Å²) < 4.78 is 28.9. The number of amidine groups is 1. The maximum absolute atomic E-state index is 12.0. The van der Waals surface area contributed by atoms with Crippen LogP contribution in [-0.2, 0) is 19.4 Å². The number of aliphatic imine (C=N–C) groups is 1. The van der Waals surface area contributed by atoms with Crippen LogP contribution in [0.15, 0.2) is 23.2 Å². The van der Waals surface area contributed by atoms with Gasteiger partial charge in [-0.15, -0.1) is 0 Å². The fourth-order valence-electron chi connectivity index (χ4n) is 3.11. The molecule has 1 aromatic rings. The average Bonchev–Trinajstić information content (AvgIpc) is 2.94. The molecule has 2 atom stereocenters. The minimum atomic E-state index is -3.06. The lowest BCUT2D eigenvalue weighted by Gasteiger charge is -2.26. The Morgan fingerprint density at radius 2 is 2.12 bits per heavy atom. The van der Waals surface area contributed by atoms with Crippen molar-refractivity contribution >= 4 is 38.4 Å². The number of sulfone groups is 1. The molecule has 8 heteroatoms. The third-order valence-corrected chi connectivity index (χ3v) is 7.60. The molecule has 130 valence electrons. The Morgan fingerprint density at radius 3 is 2.83 bits per heavy atom. The van der Waals surface area contributed by atoms with E-state index in [4.69, 9.17) is 4.74 Å². The molecule has 0 spiro atoms. The van der Waals surface area contributed by atoms with E-state index in [0.717, 1.165) is 16.8 Å². The number of carbonyl (C=O) groups is 1. The highest BCUT2D eigenvalue weighted by Crippen LogP contribution is 2.42. The van der Waals surface area contributed by atoms with Gasteiger partial charge in [-0.1, -0.05) is 23.9 Å². The van der Waals surface area contributed by atoms with Gasteiger partial charge >= 0.3 is 0 Å². The highest BCUT2D eigenvalue weighted by atomic mass is 32.2. The van der Waals surface area contributed by atoms with Gasteiger partial charge in [-0.2, -0.15) is 4.99 Å². The molecule has 1 aromatic carbocycles. The summed E-state index contributed by atoms with van der Waals surface area (Å²) in [6, 6.07) is 5.72. The van der Waals surface area contributed by atoms with Crippen LogP contribution in [0.2, 0.25) is 0 Å². The van der Waals surface area contributed by atoms with E-state index in [1.54, 1.807) is 0 Å². The molecule has 6 nitrogen and oxygen atoms in total. The summed E-state index contributed by atoms with van der Waals surface area (Å²) in [4.78, 5) is 18.0. The molecule has 2 aliphatic rings. The lowest BCUT2D eigenvalue weighted by molar-refractivity contribution is -0.121. The minimum Gasteiger partial charge on any atom is -0.375 e. The predicted molar refractivity (Wildman–Crippen MR) is 96.5 cm³/mol. The second-order valence-electron chi connectivity index (χ2n) is 6.11. The molecule has 2 aliphatic heterocycles. The molecule has 0 aliphatic carbocycles. The third-order valence-electron chi connectivity index (χ3n) is 4.39. The van der Waals surface area contributed by atoms with Crippen LogP contribution in [0.4, 0.5) is 5.69 Å². The summed E-state index contributed by atoms with van der Waals surface area (Å²) in [7, 11) is -1.61. The molecule has 3 rings (SSSR count). The zero-order valence-electron chi connectivity index (χ0n) is 13.9. The quantitative estimate of drug-likeness (QED) is 0.806. The van der Waals surface area contributed by atoms with Crippen LogP contribution in [-0.4, -0.2) is 56.0 Å². The number of carbonyl (C=O) groups excluding carboxylic acids is 1. The SMILES string of the molecule is COCC(=O)N=C1S[C@@H]2CS(=O)(=O)C[C@H]2N1c1cccc(C)c1C. The fourth-order valence-corrected chi connectivity index (χ4v) is 7.03. The molecule has 2 saturated heterocycles. The summed E-state index contributed by atoms with van der Waals surface area (Å²) in [6.07, 6.45) is 0. The number of ether oxygens (including phenoxy) is 1. The van der Waals surface area contributed by atoms with E-state index in [-0.39, 0.29) is 35.3 Å². The number of amides is 1. The first-order valence-electron chi connectivity index (χ1n) is 7.65. The highest BCUT2D eigenvalue weighted by Gasteiger charge is 2.49. The molecule has 2 heterocycles. The van der Waals surface area contributed by atoms with Crippen LogP contribution in [0.1, 0.15) is 11.1 Å². The number of anilines is 1. The van der Waals surface area contributed by atoms with Gasteiger partial charge in [0.2, 0.25) is 0 Å². The summed E-state index contributed by atoms with van der Waals surface area (Å²) in [5.41, 5.74) is 3.09. The number of hydrogen-bond acceptors (Lipinski definition) is 5.